The topological polar surface area (TPSA) is 137 Å². The standard InChI is InChI=1S/C26H24ClN5O5/c1-16-12-20(32(36)37)14-18(24(16)33)15-28-30-26(35)23(13-17-8-10-19(11-9-17)31(2)3)29-25(34)21-6-4-5-7-22(21)27/h4-15,33H,1-3H3,(H,29,34)(H,30,35)/b23-13+,28-15-. The van der Waals surface area contributed by atoms with Gasteiger partial charge in [0.25, 0.3) is 17.5 Å². The number of hydrogen-bond acceptors (Lipinski definition) is 7. The molecule has 10 nitrogen and oxygen atoms in total. The Bertz CT molecular complexity index is 1400. The first-order valence-electron chi connectivity index (χ1n) is 10.9. The summed E-state index contributed by atoms with van der Waals surface area (Å²) in [5, 5.41) is 27.9. The number of nitro benzene ring substituents is 1. The monoisotopic (exact) mass is 521 g/mol. The van der Waals surface area contributed by atoms with Gasteiger partial charge in [0.05, 0.1) is 21.7 Å². The molecule has 0 aliphatic carbocycles. The van der Waals surface area contributed by atoms with Gasteiger partial charge in [0.15, 0.2) is 0 Å². The zero-order chi connectivity index (χ0) is 27.1. The van der Waals surface area contributed by atoms with Crippen molar-refractivity contribution in [3.63, 3.8) is 0 Å². The second-order valence-electron chi connectivity index (χ2n) is 8.13. The molecule has 0 spiro atoms. The summed E-state index contributed by atoms with van der Waals surface area (Å²) in [4.78, 5) is 38.2. The molecule has 3 N–H and O–H groups in total. The summed E-state index contributed by atoms with van der Waals surface area (Å²) in [5.41, 5.74) is 3.97. The Morgan fingerprint density at radius 2 is 1.78 bits per heavy atom. The Morgan fingerprint density at radius 3 is 2.41 bits per heavy atom. The second kappa shape index (κ2) is 11.8. The lowest BCUT2D eigenvalue weighted by Gasteiger charge is -2.13. The molecule has 0 radical (unpaired) electrons. The number of aromatic hydroxyl groups is 1. The van der Waals surface area contributed by atoms with E-state index in [0.29, 0.717) is 5.56 Å². The number of nitrogens with one attached hydrogen (secondary N) is 2. The van der Waals surface area contributed by atoms with Crippen LogP contribution in [0.5, 0.6) is 5.75 Å². The summed E-state index contributed by atoms with van der Waals surface area (Å²) in [6.45, 7) is 1.50. The molecule has 3 aromatic carbocycles. The van der Waals surface area contributed by atoms with Crippen LogP contribution in [0.25, 0.3) is 6.08 Å². The van der Waals surface area contributed by atoms with Crippen molar-refractivity contribution in [1.82, 2.24) is 10.7 Å². The highest BCUT2D eigenvalue weighted by atomic mass is 35.5. The number of hydrazone groups is 1. The number of benzene rings is 3. The maximum Gasteiger partial charge on any atom is 0.287 e. The summed E-state index contributed by atoms with van der Waals surface area (Å²) in [7, 11) is 3.79. The van der Waals surface area contributed by atoms with Crippen LogP contribution in [0.3, 0.4) is 0 Å². The van der Waals surface area contributed by atoms with Crippen LogP contribution in [0.2, 0.25) is 5.02 Å². The predicted octanol–water partition coefficient (Wildman–Crippen LogP) is 4.25. The summed E-state index contributed by atoms with van der Waals surface area (Å²) >= 11 is 6.12. The van der Waals surface area contributed by atoms with E-state index in [4.69, 9.17) is 11.6 Å². The third kappa shape index (κ3) is 6.92. The molecule has 190 valence electrons. The maximum absolute atomic E-state index is 13.0. The van der Waals surface area contributed by atoms with Crippen LogP contribution in [0.4, 0.5) is 11.4 Å². The van der Waals surface area contributed by atoms with Crippen molar-refractivity contribution in [2.75, 3.05) is 19.0 Å². The van der Waals surface area contributed by atoms with Crippen molar-refractivity contribution >= 4 is 47.1 Å². The van der Waals surface area contributed by atoms with Crippen LogP contribution >= 0.6 is 11.6 Å². The lowest BCUT2D eigenvalue weighted by Crippen LogP contribution is -2.33. The van der Waals surface area contributed by atoms with E-state index >= 15 is 0 Å². The molecule has 0 aromatic heterocycles. The summed E-state index contributed by atoms with van der Waals surface area (Å²) in [6, 6.07) is 16.0. The van der Waals surface area contributed by atoms with Gasteiger partial charge in [-0.15, -0.1) is 0 Å². The fourth-order valence-corrected chi connectivity index (χ4v) is 3.46. The fraction of sp³-hybridized carbons (Fsp3) is 0.115. The first-order chi connectivity index (χ1) is 17.6. The van der Waals surface area contributed by atoms with Crippen molar-refractivity contribution in [3.8, 4) is 5.75 Å². The molecule has 0 aliphatic rings. The minimum absolute atomic E-state index is 0.0388. The SMILES string of the molecule is Cc1cc([N+](=O)[O-])cc(/C=N\NC(=O)/C(=C\c2ccc(N(C)C)cc2)NC(=O)c2ccccc2Cl)c1O. The van der Waals surface area contributed by atoms with E-state index < -0.39 is 16.7 Å². The van der Waals surface area contributed by atoms with Gasteiger partial charge in [-0.25, -0.2) is 5.43 Å². The van der Waals surface area contributed by atoms with Crippen LogP contribution in [0, 0.1) is 17.0 Å². The van der Waals surface area contributed by atoms with Gasteiger partial charge in [-0.2, -0.15) is 5.10 Å². The molecule has 0 saturated carbocycles. The van der Waals surface area contributed by atoms with Gasteiger partial charge < -0.3 is 15.3 Å². The number of halogens is 1. The lowest BCUT2D eigenvalue weighted by molar-refractivity contribution is -0.384. The van der Waals surface area contributed by atoms with E-state index in [1.165, 1.54) is 25.1 Å². The number of amides is 2. The van der Waals surface area contributed by atoms with Gasteiger partial charge in [-0.1, -0.05) is 35.9 Å². The number of hydrogen-bond donors (Lipinski definition) is 3. The highest BCUT2D eigenvalue weighted by molar-refractivity contribution is 6.34. The Balaban J connectivity index is 1.89. The summed E-state index contributed by atoms with van der Waals surface area (Å²) in [6.07, 6.45) is 2.54. The Labute approximate surface area is 218 Å². The zero-order valence-electron chi connectivity index (χ0n) is 20.2. The molecular weight excluding hydrogens is 498 g/mol. The normalized spacial score (nSPS) is 11.3. The fourth-order valence-electron chi connectivity index (χ4n) is 3.24. The minimum atomic E-state index is -0.769. The Morgan fingerprint density at radius 1 is 1.11 bits per heavy atom. The molecule has 0 heterocycles. The molecule has 0 fully saturated rings. The van der Waals surface area contributed by atoms with E-state index in [1.807, 2.05) is 31.1 Å². The number of nitro groups is 1. The predicted molar refractivity (Wildman–Crippen MR) is 143 cm³/mol. The van der Waals surface area contributed by atoms with E-state index in [9.17, 15) is 24.8 Å². The van der Waals surface area contributed by atoms with Crippen molar-refractivity contribution in [3.05, 3.63) is 104 Å². The zero-order valence-corrected chi connectivity index (χ0v) is 21.0. The van der Waals surface area contributed by atoms with E-state index in [1.54, 1.807) is 30.3 Å². The minimum Gasteiger partial charge on any atom is -0.507 e. The number of phenolic OH excluding ortho intramolecular Hbond substituents is 1. The number of aryl methyl sites for hydroxylation is 1. The highest BCUT2D eigenvalue weighted by Crippen LogP contribution is 2.26. The Hall–Kier alpha value is -4.70. The molecular formula is C26H24ClN5O5. The molecule has 0 aliphatic heterocycles. The summed E-state index contributed by atoms with van der Waals surface area (Å²) in [5.74, 6) is -1.59. The molecule has 2 amide bonds. The first-order valence-corrected chi connectivity index (χ1v) is 11.3. The van der Waals surface area contributed by atoms with Gasteiger partial charge >= 0.3 is 0 Å². The van der Waals surface area contributed by atoms with Crippen LogP contribution in [-0.4, -0.2) is 42.2 Å². The number of non-ortho nitro benzene ring substituents is 1. The van der Waals surface area contributed by atoms with E-state index in [0.717, 1.165) is 18.0 Å². The highest BCUT2D eigenvalue weighted by Gasteiger charge is 2.17. The Kier molecular flexibility index (Phi) is 8.59. The molecule has 0 atom stereocenters. The van der Waals surface area contributed by atoms with Crippen LogP contribution in [-0.2, 0) is 4.79 Å². The molecule has 0 unspecified atom stereocenters. The third-order valence-corrected chi connectivity index (χ3v) is 5.56. The van der Waals surface area contributed by atoms with Crippen LogP contribution < -0.4 is 15.6 Å². The van der Waals surface area contributed by atoms with Crippen molar-refractivity contribution in [1.29, 1.82) is 0 Å². The first kappa shape index (κ1) is 26.9. The number of carbonyl (C=O) groups excluding carboxylic acids is 2. The number of anilines is 1. The molecule has 3 aromatic rings. The van der Waals surface area contributed by atoms with E-state index in [2.05, 4.69) is 15.8 Å². The molecule has 0 bridgehead atoms. The van der Waals surface area contributed by atoms with Crippen molar-refractivity contribution in [2.45, 2.75) is 6.92 Å². The molecule has 11 heteroatoms. The van der Waals surface area contributed by atoms with Gasteiger partial charge in [-0.05, 0) is 48.4 Å². The smallest absolute Gasteiger partial charge is 0.287 e. The second-order valence-corrected chi connectivity index (χ2v) is 8.54. The largest absolute Gasteiger partial charge is 0.507 e. The van der Waals surface area contributed by atoms with Gasteiger partial charge in [-0.3, -0.25) is 19.7 Å². The van der Waals surface area contributed by atoms with Gasteiger partial charge in [0.2, 0.25) is 0 Å². The third-order valence-electron chi connectivity index (χ3n) is 5.23. The average molecular weight is 522 g/mol. The number of carbonyl (C=O) groups is 2. The lowest BCUT2D eigenvalue weighted by atomic mass is 10.1. The molecule has 3 rings (SSSR count). The van der Waals surface area contributed by atoms with Crippen LogP contribution in [0.1, 0.15) is 27.0 Å². The maximum atomic E-state index is 13.0. The average Bonchev–Trinajstić information content (AvgIpc) is 2.86. The number of rotatable bonds is 8. The molecule has 37 heavy (non-hydrogen) atoms. The summed E-state index contributed by atoms with van der Waals surface area (Å²) < 4.78 is 0. The van der Waals surface area contributed by atoms with Gasteiger partial charge in [0, 0.05) is 37.5 Å². The molecule has 0 saturated heterocycles. The van der Waals surface area contributed by atoms with Gasteiger partial charge in [0.1, 0.15) is 11.4 Å². The van der Waals surface area contributed by atoms with Crippen molar-refractivity contribution < 1.29 is 19.6 Å². The van der Waals surface area contributed by atoms with Crippen molar-refractivity contribution in [2.24, 2.45) is 5.10 Å². The number of phenols is 1. The van der Waals surface area contributed by atoms with E-state index in [-0.39, 0.29) is 38.8 Å². The van der Waals surface area contributed by atoms with Crippen LogP contribution in [0.15, 0.2) is 71.5 Å². The quantitative estimate of drug-likeness (QED) is 0.175. The number of nitrogens with zero attached hydrogens (tertiary/aromatic N) is 3.